The van der Waals surface area contributed by atoms with Crippen molar-refractivity contribution in [3.63, 3.8) is 0 Å². The number of hydrogen-bond acceptors (Lipinski definition) is 6. The van der Waals surface area contributed by atoms with E-state index in [9.17, 15) is 14.4 Å². The van der Waals surface area contributed by atoms with E-state index in [4.69, 9.17) is 14.2 Å². The predicted molar refractivity (Wildman–Crippen MR) is 344 cm³/mol. The molecule has 1 unspecified atom stereocenters. The Balaban J connectivity index is 4.14. The minimum absolute atomic E-state index is 0.0628. The lowest BCUT2D eigenvalue weighted by molar-refractivity contribution is -0.167. The van der Waals surface area contributed by atoms with E-state index in [2.05, 4.69) is 32.9 Å². The van der Waals surface area contributed by atoms with Crippen LogP contribution in [-0.2, 0) is 28.6 Å². The van der Waals surface area contributed by atoms with Gasteiger partial charge in [0.1, 0.15) is 13.2 Å². The number of ether oxygens (including phenoxy) is 3. The van der Waals surface area contributed by atoms with Gasteiger partial charge in [-0.2, -0.15) is 0 Å². The standard InChI is InChI=1S/C73H140O6/c1-4-7-10-13-16-19-22-24-26-28-30-32-34-36-38-40-42-44-46-48-51-54-57-60-63-66-72(75)78-69-70(68-77-71(74)65-62-59-56-53-50-21-18-15-12-9-6-3)79-73(76)67-64-61-58-55-52-49-47-45-43-41-39-37-35-33-31-29-27-25-23-20-17-14-11-8-5-2/h28,30,70H,4-27,29,31-69H2,1-3H3/b30-28-. The molecule has 0 radical (unpaired) electrons. The highest BCUT2D eigenvalue weighted by atomic mass is 16.6. The van der Waals surface area contributed by atoms with Crippen LogP contribution in [-0.4, -0.2) is 37.2 Å². The second-order valence-corrected chi connectivity index (χ2v) is 24.9. The fourth-order valence-electron chi connectivity index (χ4n) is 11.3. The molecule has 79 heavy (non-hydrogen) atoms. The molecule has 0 aromatic heterocycles. The van der Waals surface area contributed by atoms with Crippen LogP contribution in [0.25, 0.3) is 0 Å². The molecular formula is C73H140O6. The van der Waals surface area contributed by atoms with E-state index in [1.807, 2.05) is 0 Å². The molecule has 6 heteroatoms. The molecule has 0 aromatic carbocycles. The Kier molecular flexibility index (Phi) is 67.0. The molecule has 0 aliphatic rings. The molecule has 6 nitrogen and oxygen atoms in total. The van der Waals surface area contributed by atoms with E-state index in [0.29, 0.717) is 19.3 Å². The van der Waals surface area contributed by atoms with Gasteiger partial charge in [-0.15, -0.1) is 0 Å². The molecule has 0 bridgehead atoms. The fraction of sp³-hybridized carbons (Fsp3) is 0.932. The van der Waals surface area contributed by atoms with E-state index < -0.39 is 6.10 Å². The molecule has 468 valence electrons. The topological polar surface area (TPSA) is 78.9 Å². The molecule has 0 aromatic rings. The molecule has 0 rings (SSSR count). The second-order valence-electron chi connectivity index (χ2n) is 24.9. The number of carbonyl (C=O) groups is 3. The van der Waals surface area contributed by atoms with E-state index in [1.165, 1.54) is 321 Å². The van der Waals surface area contributed by atoms with Crippen molar-refractivity contribution in [1.29, 1.82) is 0 Å². The zero-order valence-corrected chi connectivity index (χ0v) is 53.9. The molecule has 0 saturated heterocycles. The largest absolute Gasteiger partial charge is 0.462 e. The molecule has 0 N–H and O–H groups in total. The predicted octanol–water partition coefficient (Wildman–Crippen LogP) is 24.8. The van der Waals surface area contributed by atoms with Gasteiger partial charge in [0, 0.05) is 19.3 Å². The van der Waals surface area contributed by atoms with Crippen LogP contribution < -0.4 is 0 Å². The van der Waals surface area contributed by atoms with Crippen LogP contribution >= 0.6 is 0 Å². The SMILES string of the molecule is CCCCCCCCCC/C=C\CCCCCCCCCCCCCCCC(=O)OCC(COC(=O)CCCCCCCCCCCCC)OC(=O)CCCCCCCCCCCCCCCCCCCCCCCCCCC. The van der Waals surface area contributed by atoms with E-state index >= 15 is 0 Å². The van der Waals surface area contributed by atoms with Gasteiger partial charge >= 0.3 is 17.9 Å². The van der Waals surface area contributed by atoms with E-state index in [1.54, 1.807) is 0 Å². The highest BCUT2D eigenvalue weighted by Gasteiger charge is 2.19. The number of unbranched alkanes of at least 4 members (excludes halogenated alkanes) is 55. The summed E-state index contributed by atoms with van der Waals surface area (Å²) in [5, 5.41) is 0. The molecule has 1 atom stereocenters. The Labute approximate surface area is 494 Å². The summed E-state index contributed by atoms with van der Waals surface area (Å²) in [6.45, 7) is 6.72. The highest BCUT2D eigenvalue weighted by Crippen LogP contribution is 2.19. The van der Waals surface area contributed by atoms with Crippen LogP contribution in [0.15, 0.2) is 12.2 Å². The van der Waals surface area contributed by atoms with Crippen molar-refractivity contribution in [2.45, 2.75) is 425 Å². The molecule has 0 amide bonds. The summed E-state index contributed by atoms with van der Waals surface area (Å²) < 4.78 is 17.0. The third-order valence-corrected chi connectivity index (χ3v) is 16.8. The highest BCUT2D eigenvalue weighted by molar-refractivity contribution is 5.71. The average molecular weight is 1110 g/mol. The lowest BCUT2D eigenvalue weighted by Crippen LogP contribution is -2.30. The molecule has 0 aliphatic carbocycles. The summed E-state index contributed by atoms with van der Waals surface area (Å²) in [5.74, 6) is -0.828. The normalized spacial score (nSPS) is 12.0. The summed E-state index contributed by atoms with van der Waals surface area (Å²) in [4.78, 5) is 38.4. The van der Waals surface area contributed by atoms with Gasteiger partial charge in [0.15, 0.2) is 6.10 Å². The quantitative estimate of drug-likeness (QED) is 0.0261. The van der Waals surface area contributed by atoms with E-state index in [-0.39, 0.29) is 31.1 Å². The van der Waals surface area contributed by atoms with Crippen LogP contribution in [0, 0.1) is 0 Å². The van der Waals surface area contributed by atoms with Crippen LogP contribution in [0.2, 0.25) is 0 Å². The zero-order valence-electron chi connectivity index (χ0n) is 53.9. The van der Waals surface area contributed by atoms with Crippen molar-refractivity contribution in [3.05, 3.63) is 12.2 Å². The van der Waals surface area contributed by atoms with Gasteiger partial charge in [0.05, 0.1) is 0 Å². The first-order valence-electron chi connectivity index (χ1n) is 36.2. The Morgan fingerprint density at radius 3 is 0.633 bits per heavy atom. The number of allylic oxidation sites excluding steroid dienone is 2. The van der Waals surface area contributed by atoms with Crippen LogP contribution in [0.5, 0.6) is 0 Å². The minimum Gasteiger partial charge on any atom is -0.462 e. The number of esters is 3. The van der Waals surface area contributed by atoms with Gasteiger partial charge < -0.3 is 14.2 Å². The molecule has 0 saturated carbocycles. The van der Waals surface area contributed by atoms with Crippen molar-refractivity contribution in [3.8, 4) is 0 Å². The van der Waals surface area contributed by atoms with Gasteiger partial charge in [-0.05, 0) is 44.9 Å². The number of carbonyl (C=O) groups excluding carboxylic acids is 3. The molecule has 0 aliphatic heterocycles. The number of rotatable bonds is 68. The molecule has 0 spiro atoms. The Morgan fingerprint density at radius 1 is 0.241 bits per heavy atom. The van der Waals surface area contributed by atoms with Gasteiger partial charge in [0.25, 0.3) is 0 Å². The van der Waals surface area contributed by atoms with Crippen molar-refractivity contribution >= 4 is 17.9 Å². The van der Waals surface area contributed by atoms with E-state index in [0.717, 1.165) is 57.8 Å². The third kappa shape index (κ3) is 66.8. The maximum Gasteiger partial charge on any atom is 0.306 e. The van der Waals surface area contributed by atoms with Crippen molar-refractivity contribution < 1.29 is 28.6 Å². The first-order chi connectivity index (χ1) is 39.0. The first kappa shape index (κ1) is 77.2. The van der Waals surface area contributed by atoms with Gasteiger partial charge in [-0.1, -0.05) is 367 Å². The fourth-order valence-corrected chi connectivity index (χ4v) is 11.3. The molecule has 0 fully saturated rings. The average Bonchev–Trinajstić information content (AvgIpc) is 3.45. The van der Waals surface area contributed by atoms with Crippen LogP contribution in [0.3, 0.4) is 0 Å². The monoisotopic (exact) mass is 1110 g/mol. The van der Waals surface area contributed by atoms with Crippen molar-refractivity contribution in [1.82, 2.24) is 0 Å². The third-order valence-electron chi connectivity index (χ3n) is 16.8. The lowest BCUT2D eigenvalue weighted by atomic mass is 10.0. The summed E-state index contributed by atoms with van der Waals surface area (Å²) >= 11 is 0. The summed E-state index contributed by atoms with van der Waals surface area (Å²) in [5.41, 5.74) is 0. The Hall–Kier alpha value is -1.85. The maximum absolute atomic E-state index is 12.9. The van der Waals surface area contributed by atoms with Crippen LogP contribution in [0.4, 0.5) is 0 Å². The van der Waals surface area contributed by atoms with Gasteiger partial charge in [-0.3, -0.25) is 14.4 Å². The summed E-state index contributed by atoms with van der Waals surface area (Å²) in [6.07, 6.45) is 82.6. The Morgan fingerprint density at radius 2 is 0.418 bits per heavy atom. The first-order valence-corrected chi connectivity index (χ1v) is 36.2. The van der Waals surface area contributed by atoms with Crippen molar-refractivity contribution in [2.75, 3.05) is 13.2 Å². The molecule has 0 heterocycles. The van der Waals surface area contributed by atoms with Crippen LogP contribution in [0.1, 0.15) is 419 Å². The van der Waals surface area contributed by atoms with Gasteiger partial charge in [-0.25, -0.2) is 0 Å². The van der Waals surface area contributed by atoms with Gasteiger partial charge in [0.2, 0.25) is 0 Å². The maximum atomic E-state index is 12.9. The summed E-state index contributed by atoms with van der Waals surface area (Å²) in [6, 6.07) is 0. The minimum atomic E-state index is -0.765. The summed E-state index contributed by atoms with van der Waals surface area (Å²) in [7, 11) is 0. The van der Waals surface area contributed by atoms with Crippen molar-refractivity contribution in [2.24, 2.45) is 0 Å². The lowest BCUT2D eigenvalue weighted by Gasteiger charge is -2.18. The Bertz CT molecular complexity index is 1230. The molecular weight excluding hydrogens is 973 g/mol. The second kappa shape index (κ2) is 68.6. The number of hydrogen-bond donors (Lipinski definition) is 0. The zero-order chi connectivity index (χ0) is 57.1. The smallest absolute Gasteiger partial charge is 0.306 e.